The van der Waals surface area contributed by atoms with Gasteiger partial charge in [0.25, 0.3) is 0 Å². The first-order valence-electron chi connectivity index (χ1n) is 19.3. The van der Waals surface area contributed by atoms with Gasteiger partial charge in [0.15, 0.2) is 0 Å². The van der Waals surface area contributed by atoms with Crippen LogP contribution in [0.3, 0.4) is 0 Å². The summed E-state index contributed by atoms with van der Waals surface area (Å²) in [7, 11) is -1.39. The van der Waals surface area contributed by atoms with Crippen molar-refractivity contribution in [3.05, 3.63) is 243 Å². The predicted octanol–water partition coefficient (Wildman–Crippen LogP) is 10.5. The summed E-state index contributed by atoms with van der Waals surface area (Å²) >= 11 is 0. The minimum atomic E-state index is -0.348. The second-order valence-corrected chi connectivity index (χ2v) is 22.6. The fourth-order valence-electron chi connectivity index (χ4n) is 6.89. The molecule has 0 fully saturated rings. The fourth-order valence-corrected chi connectivity index (χ4v) is 17.6. The third-order valence-electron chi connectivity index (χ3n) is 9.64. The first-order valence-corrected chi connectivity index (χ1v) is 25.4. The molecule has 0 nitrogen and oxygen atoms in total. The van der Waals surface area contributed by atoms with Gasteiger partial charge >= 0.3 is 0 Å². The summed E-state index contributed by atoms with van der Waals surface area (Å²) in [4.78, 5) is 0. The summed E-state index contributed by atoms with van der Waals surface area (Å²) in [6, 6.07) is 88.4. The van der Waals surface area contributed by atoms with Crippen LogP contribution in [0.4, 0.5) is 0 Å². The van der Waals surface area contributed by atoms with Gasteiger partial charge in [-0.1, -0.05) is 243 Å². The van der Waals surface area contributed by atoms with Crippen LogP contribution in [0.15, 0.2) is 243 Å². The minimum absolute atomic E-state index is 0. The average Bonchev–Trinajstić information content (AvgIpc) is 3.29. The zero-order valence-corrected chi connectivity index (χ0v) is 37.1. The first kappa shape index (κ1) is 42.8. The van der Waals surface area contributed by atoms with Crippen molar-refractivity contribution in [2.45, 2.75) is 0 Å². The molecule has 0 spiro atoms. The van der Waals surface area contributed by atoms with Gasteiger partial charge < -0.3 is 0 Å². The van der Waals surface area contributed by atoms with Crippen molar-refractivity contribution in [3.63, 3.8) is 0 Å². The number of hydrogen-bond donors (Lipinski definition) is 0. The quantitative estimate of drug-likeness (QED) is 0.0754. The van der Waals surface area contributed by atoms with Crippen LogP contribution in [0.1, 0.15) is 0 Å². The molecule has 8 aromatic rings. The second kappa shape index (κ2) is 23.6. The molecule has 0 aromatic heterocycles. The van der Waals surface area contributed by atoms with Crippen molar-refractivity contribution in [1.29, 1.82) is 0 Å². The van der Waals surface area contributed by atoms with E-state index in [-0.39, 0.29) is 54.1 Å². The molecule has 0 aliphatic carbocycles. The molecule has 57 heavy (non-hydrogen) atoms. The third kappa shape index (κ3) is 12.6. The van der Waals surface area contributed by atoms with Crippen molar-refractivity contribution >= 4 is 74.1 Å². The Balaban J connectivity index is 0.000000189. The minimum Gasteiger partial charge on any atom is -0.0622 e. The Morgan fingerprint density at radius 2 is 0.281 bits per heavy atom. The van der Waals surface area contributed by atoms with Crippen molar-refractivity contribution < 1.29 is 22.4 Å². The van der Waals surface area contributed by atoms with Crippen LogP contribution in [0.2, 0.25) is 0 Å². The zero-order chi connectivity index (χ0) is 38.0. The largest absolute Gasteiger partial charge is 0.0622 e. The summed E-state index contributed by atoms with van der Waals surface area (Å²) in [5.41, 5.74) is 0. The van der Waals surface area contributed by atoms with E-state index in [9.17, 15) is 0 Å². The number of rotatable bonds is 14. The predicted molar refractivity (Wildman–Crippen MR) is 256 cm³/mol. The zero-order valence-electron chi connectivity index (χ0n) is 32.0. The van der Waals surface area contributed by atoms with Gasteiger partial charge in [0.2, 0.25) is 0 Å². The monoisotopic (exact) mass is 903 g/mol. The molecular weight excluding hydrogens is 856 g/mol. The molecule has 0 unspecified atom stereocenters. The summed E-state index contributed by atoms with van der Waals surface area (Å²) < 4.78 is 0. The van der Waals surface area contributed by atoms with Crippen molar-refractivity contribution in [2.24, 2.45) is 0 Å². The topological polar surface area (TPSA) is 0 Å². The Labute approximate surface area is 361 Å². The van der Waals surface area contributed by atoms with E-state index in [0.29, 0.717) is 0 Å². The molecule has 5 heteroatoms. The molecule has 287 valence electrons. The van der Waals surface area contributed by atoms with Gasteiger partial charge in [0.05, 0.1) is 0 Å². The summed E-state index contributed by atoms with van der Waals surface area (Å²) in [5, 5.41) is 11.8. The summed E-state index contributed by atoms with van der Waals surface area (Å²) in [6.45, 7) is 0. The first-order chi connectivity index (χ1) is 27.8. The molecule has 0 aliphatic heterocycles. The number of benzene rings is 8. The molecule has 0 saturated carbocycles. The normalized spacial score (nSPS) is 10.9. The van der Waals surface area contributed by atoms with Gasteiger partial charge in [-0.05, 0) is 98.8 Å². The van der Waals surface area contributed by atoms with Crippen LogP contribution in [-0.4, -0.2) is 24.6 Å². The molecule has 0 atom stereocenters. The van der Waals surface area contributed by atoms with E-state index in [1.165, 1.54) is 67.1 Å². The smallest absolute Gasteiger partial charge is 0 e. The molecule has 1 radical (unpaired) electrons. The van der Waals surface area contributed by atoms with Gasteiger partial charge in [-0.3, -0.25) is 0 Å². The Bertz CT molecular complexity index is 1760. The van der Waals surface area contributed by atoms with Crippen LogP contribution in [0.5, 0.6) is 0 Å². The Hall–Kier alpha value is -3.78. The van der Waals surface area contributed by atoms with Crippen LogP contribution in [-0.2, 0) is 22.4 Å². The molecule has 0 saturated heterocycles. The molecule has 0 aliphatic rings. The Morgan fingerprint density at radius 1 is 0.175 bits per heavy atom. The van der Waals surface area contributed by atoms with E-state index in [1.807, 2.05) is 0 Å². The van der Waals surface area contributed by atoms with E-state index in [2.05, 4.69) is 243 Å². The second-order valence-electron chi connectivity index (χ2n) is 13.3. The standard InChI is InChI=1S/2C26H24P2.Ag/c2*1-5-13-23(14-6-1)27(24-15-7-2-8-16-24)21-22-28(25-17-9-3-10-18-25)26-19-11-4-12-20-26;/h2*1-20H,21-22H2;. The SMILES string of the molecule is [Ag].c1ccc(P(CCP(c2ccccc2)c2ccccc2)c2ccccc2)cc1.c1ccc(P(CCP(c2ccccc2)c2ccccc2)c2ccccc2)cc1. The van der Waals surface area contributed by atoms with Crippen LogP contribution in [0, 0.1) is 0 Å². The van der Waals surface area contributed by atoms with E-state index in [4.69, 9.17) is 0 Å². The van der Waals surface area contributed by atoms with Gasteiger partial charge in [-0.25, -0.2) is 0 Å². The molecule has 0 bridgehead atoms. The van der Waals surface area contributed by atoms with Gasteiger partial charge in [0.1, 0.15) is 0 Å². The Morgan fingerprint density at radius 3 is 0.386 bits per heavy atom. The van der Waals surface area contributed by atoms with Gasteiger partial charge in [0, 0.05) is 22.4 Å². The summed E-state index contributed by atoms with van der Waals surface area (Å²) in [6.07, 6.45) is 4.83. The molecule has 0 heterocycles. The van der Waals surface area contributed by atoms with E-state index in [1.54, 1.807) is 0 Å². The van der Waals surface area contributed by atoms with Gasteiger partial charge in [-0.2, -0.15) is 0 Å². The van der Waals surface area contributed by atoms with E-state index >= 15 is 0 Å². The van der Waals surface area contributed by atoms with Crippen molar-refractivity contribution in [3.8, 4) is 0 Å². The van der Waals surface area contributed by atoms with Crippen LogP contribution in [0.25, 0.3) is 0 Å². The maximum atomic E-state index is 2.30. The van der Waals surface area contributed by atoms with Crippen LogP contribution >= 0.6 is 31.7 Å². The molecule has 8 aromatic carbocycles. The fraction of sp³-hybridized carbons (Fsp3) is 0.0769. The molecule has 0 amide bonds. The third-order valence-corrected chi connectivity index (χ3v) is 20.4. The number of hydrogen-bond acceptors (Lipinski definition) is 0. The maximum absolute atomic E-state index is 2.30. The summed E-state index contributed by atoms with van der Waals surface area (Å²) in [5.74, 6) is 0. The molecule has 0 N–H and O–H groups in total. The van der Waals surface area contributed by atoms with E-state index < -0.39 is 0 Å². The van der Waals surface area contributed by atoms with E-state index in [0.717, 1.165) is 0 Å². The maximum Gasteiger partial charge on any atom is 0 e. The van der Waals surface area contributed by atoms with Crippen LogP contribution < -0.4 is 42.4 Å². The van der Waals surface area contributed by atoms with Crippen molar-refractivity contribution in [1.82, 2.24) is 0 Å². The average molecular weight is 905 g/mol. The molecular formula is C52H48AgP4. The van der Waals surface area contributed by atoms with Gasteiger partial charge in [-0.15, -0.1) is 0 Å². The molecule has 8 rings (SSSR count). The van der Waals surface area contributed by atoms with Crippen molar-refractivity contribution in [2.75, 3.05) is 24.6 Å². The Kier molecular flexibility index (Phi) is 17.7.